The lowest BCUT2D eigenvalue weighted by Crippen LogP contribution is -2.40. The van der Waals surface area contributed by atoms with Gasteiger partial charge in [-0.15, -0.1) is 0 Å². The van der Waals surface area contributed by atoms with Gasteiger partial charge < -0.3 is 5.32 Å². The Bertz CT molecular complexity index is 939. The van der Waals surface area contributed by atoms with E-state index in [1.54, 1.807) is 0 Å². The van der Waals surface area contributed by atoms with Crippen LogP contribution >= 0.6 is 23.2 Å². The van der Waals surface area contributed by atoms with E-state index in [1.807, 2.05) is 85.8 Å². The van der Waals surface area contributed by atoms with Gasteiger partial charge in [-0.05, 0) is 60.7 Å². The maximum atomic E-state index is 13.1. The van der Waals surface area contributed by atoms with Gasteiger partial charge in [-0.25, -0.2) is 0 Å². The summed E-state index contributed by atoms with van der Waals surface area (Å²) >= 11 is 12.2. The standard InChI is InChI=1S/C26H27Cl2NO/c1-3-24(20-7-5-4-6-8-20)26(30)29-18(2)25(21-11-15-23(28)16-12-21)17-19-9-13-22(27)14-10-19/h4-16,18,24-25H,3,17H2,1-2H3,(H,29,30)/t18-,24?,25+/m1/s1. The average molecular weight is 440 g/mol. The molecule has 0 aliphatic heterocycles. The fraction of sp³-hybridized carbons (Fsp3) is 0.269. The Kier molecular flexibility index (Phi) is 7.95. The van der Waals surface area contributed by atoms with E-state index in [-0.39, 0.29) is 23.8 Å². The number of nitrogens with one attached hydrogen (secondary N) is 1. The van der Waals surface area contributed by atoms with E-state index < -0.39 is 0 Å². The Balaban J connectivity index is 1.81. The van der Waals surface area contributed by atoms with Crippen LogP contribution in [0.5, 0.6) is 0 Å². The summed E-state index contributed by atoms with van der Waals surface area (Å²) in [5, 5.41) is 4.70. The van der Waals surface area contributed by atoms with Crippen LogP contribution < -0.4 is 5.32 Å². The molecule has 30 heavy (non-hydrogen) atoms. The molecule has 1 N–H and O–H groups in total. The van der Waals surface area contributed by atoms with Gasteiger partial charge in [0.15, 0.2) is 0 Å². The Morgan fingerprint density at radius 1 is 0.833 bits per heavy atom. The minimum absolute atomic E-state index is 0.0490. The molecule has 156 valence electrons. The maximum absolute atomic E-state index is 13.1. The lowest BCUT2D eigenvalue weighted by molar-refractivity contribution is -0.123. The van der Waals surface area contributed by atoms with Crippen molar-refractivity contribution in [2.75, 3.05) is 0 Å². The molecule has 3 atom stereocenters. The first kappa shape index (κ1) is 22.4. The molecule has 0 spiro atoms. The Hall–Kier alpha value is -2.29. The normalized spacial score (nSPS) is 14.0. The van der Waals surface area contributed by atoms with Crippen molar-refractivity contribution in [2.45, 2.75) is 44.6 Å². The summed E-state index contributed by atoms with van der Waals surface area (Å²) in [6, 6.07) is 25.7. The second-order valence-corrected chi connectivity index (χ2v) is 8.53. The first-order valence-electron chi connectivity index (χ1n) is 10.3. The highest BCUT2D eigenvalue weighted by Crippen LogP contribution is 2.28. The van der Waals surface area contributed by atoms with Crippen LogP contribution in [0, 0.1) is 0 Å². The van der Waals surface area contributed by atoms with E-state index in [9.17, 15) is 4.79 Å². The summed E-state index contributed by atoms with van der Waals surface area (Å²) in [4.78, 5) is 13.1. The zero-order valence-corrected chi connectivity index (χ0v) is 18.8. The van der Waals surface area contributed by atoms with Crippen molar-refractivity contribution < 1.29 is 4.79 Å². The predicted octanol–water partition coefficient (Wildman–Crippen LogP) is 7.02. The number of carbonyl (C=O) groups excluding carboxylic acids is 1. The van der Waals surface area contributed by atoms with Gasteiger partial charge in [0.2, 0.25) is 5.91 Å². The average Bonchev–Trinajstić information content (AvgIpc) is 2.75. The molecule has 0 aliphatic rings. The molecule has 0 fully saturated rings. The van der Waals surface area contributed by atoms with Gasteiger partial charge in [0.05, 0.1) is 5.92 Å². The third kappa shape index (κ3) is 5.87. The zero-order valence-electron chi connectivity index (χ0n) is 17.3. The molecule has 3 rings (SSSR count). The van der Waals surface area contributed by atoms with Gasteiger partial charge in [0.25, 0.3) is 0 Å². The second-order valence-electron chi connectivity index (χ2n) is 7.66. The molecule has 0 radical (unpaired) electrons. The summed E-state index contributed by atoms with van der Waals surface area (Å²) < 4.78 is 0. The topological polar surface area (TPSA) is 29.1 Å². The van der Waals surface area contributed by atoms with Crippen LogP contribution in [0.3, 0.4) is 0 Å². The molecule has 3 aromatic rings. The van der Waals surface area contributed by atoms with E-state index >= 15 is 0 Å². The fourth-order valence-corrected chi connectivity index (χ4v) is 4.10. The van der Waals surface area contributed by atoms with Crippen molar-refractivity contribution in [1.82, 2.24) is 5.32 Å². The van der Waals surface area contributed by atoms with E-state index in [1.165, 1.54) is 5.56 Å². The highest BCUT2D eigenvalue weighted by Gasteiger charge is 2.25. The number of amides is 1. The molecule has 0 aliphatic carbocycles. The number of halogens is 2. The van der Waals surface area contributed by atoms with Crippen molar-refractivity contribution in [1.29, 1.82) is 0 Å². The van der Waals surface area contributed by atoms with Crippen molar-refractivity contribution >= 4 is 29.1 Å². The molecule has 3 aromatic carbocycles. The van der Waals surface area contributed by atoms with Crippen LogP contribution in [0.2, 0.25) is 10.0 Å². The third-order valence-corrected chi connectivity index (χ3v) is 6.07. The number of hydrogen-bond donors (Lipinski definition) is 1. The van der Waals surface area contributed by atoms with Gasteiger partial charge in [0.1, 0.15) is 0 Å². The van der Waals surface area contributed by atoms with Gasteiger partial charge >= 0.3 is 0 Å². The SMILES string of the molecule is CCC(C(=O)N[C@H](C)[C@H](Cc1ccc(Cl)cc1)c1ccc(Cl)cc1)c1ccccc1. The summed E-state index contributed by atoms with van der Waals surface area (Å²) in [5.41, 5.74) is 3.37. The van der Waals surface area contributed by atoms with Gasteiger partial charge in [-0.3, -0.25) is 4.79 Å². The molecule has 4 heteroatoms. The summed E-state index contributed by atoms with van der Waals surface area (Å²) in [6.07, 6.45) is 1.55. The molecule has 0 saturated heterocycles. The molecule has 0 heterocycles. The van der Waals surface area contributed by atoms with Crippen LogP contribution in [0.4, 0.5) is 0 Å². The Labute approximate surface area is 189 Å². The molecule has 1 amide bonds. The largest absolute Gasteiger partial charge is 0.352 e. The van der Waals surface area contributed by atoms with E-state index in [0.29, 0.717) is 5.02 Å². The van der Waals surface area contributed by atoms with Crippen LogP contribution in [-0.2, 0) is 11.2 Å². The highest BCUT2D eigenvalue weighted by molar-refractivity contribution is 6.30. The summed E-state index contributed by atoms with van der Waals surface area (Å²) in [5.74, 6) is 0.0157. The maximum Gasteiger partial charge on any atom is 0.227 e. The fourth-order valence-electron chi connectivity index (χ4n) is 3.85. The van der Waals surface area contributed by atoms with Crippen LogP contribution in [0.15, 0.2) is 78.9 Å². The van der Waals surface area contributed by atoms with Crippen LogP contribution in [-0.4, -0.2) is 11.9 Å². The quantitative estimate of drug-likeness (QED) is 0.401. The lowest BCUT2D eigenvalue weighted by atomic mass is 9.86. The molecular formula is C26H27Cl2NO. The van der Waals surface area contributed by atoms with Gasteiger partial charge in [-0.2, -0.15) is 0 Å². The number of hydrogen-bond acceptors (Lipinski definition) is 1. The minimum atomic E-state index is -0.157. The Morgan fingerprint density at radius 3 is 1.97 bits per heavy atom. The third-order valence-electron chi connectivity index (χ3n) is 5.57. The first-order valence-corrected chi connectivity index (χ1v) is 11.1. The number of rotatable bonds is 8. The predicted molar refractivity (Wildman–Crippen MR) is 126 cm³/mol. The van der Waals surface area contributed by atoms with Crippen molar-refractivity contribution in [3.63, 3.8) is 0 Å². The molecule has 0 aromatic heterocycles. The van der Waals surface area contributed by atoms with Gasteiger partial charge in [0, 0.05) is 22.0 Å². The monoisotopic (exact) mass is 439 g/mol. The van der Waals surface area contributed by atoms with Crippen LogP contribution in [0.25, 0.3) is 0 Å². The first-order chi connectivity index (χ1) is 14.5. The number of benzene rings is 3. The van der Waals surface area contributed by atoms with Crippen molar-refractivity contribution in [3.8, 4) is 0 Å². The number of carbonyl (C=O) groups is 1. The molecular weight excluding hydrogens is 413 g/mol. The van der Waals surface area contributed by atoms with Gasteiger partial charge in [-0.1, -0.05) is 84.7 Å². The van der Waals surface area contributed by atoms with E-state index in [0.717, 1.165) is 29.0 Å². The van der Waals surface area contributed by atoms with E-state index in [4.69, 9.17) is 23.2 Å². The highest BCUT2D eigenvalue weighted by atomic mass is 35.5. The zero-order chi connectivity index (χ0) is 21.5. The van der Waals surface area contributed by atoms with Crippen molar-refractivity contribution in [2.24, 2.45) is 0 Å². The molecule has 0 saturated carbocycles. The summed E-state index contributed by atoms with van der Waals surface area (Å²) in [6.45, 7) is 4.12. The minimum Gasteiger partial charge on any atom is -0.352 e. The second kappa shape index (κ2) is 10.7. The summed E-state index contributed by atoms with van der Waals surface area (Å²) in [7, 11) is 0. The molecule has 1 unspecified atom stereocenters. The van der Waals surface area contributed by atoms with E-state index in [2.05, 4.69) is 12.2 Å². The smallest absolute Gasteiger partial charge is 0.227 e. The van der Waals surface area contributed by atoms with Crippen LogP contribution in [0.1, 0.15) is 48.8 Å². The van der Waals surface area contributed by atoms with Crippen molar-refractivity contribution in [3.05, 3.63) is 106 Å². The molecule has 2 nitrogen and oxygen atoms in total. The molecule has 0 bridgehead atoms. The Morgan fingerprint density at radius 2 is 1.40 bits per heavy atom. The lowest BCUT2D eigenvalue weighted by Gasteiger charge is -2.28.